The zero-order chi connectivity index (χ0) is 12.7. The van der Waals surface area contributed by atoms with Gasteiger partial charge < -0.3 is 10.2 Å². The van der Waals surface area contributed by atoms with Crippen molar-refractivity contribution in [2.75, 3.05) is 5.75 Å². The second kappa shape index (κ2) is 7.48. The number of thiol groups is 1. The smallest absolute Gasteiger partial charge is 0.322 e. The first-order valence-electron chi connectivity index (χ1n) is 4.96. The van der Waals surface area contributed by atoms with E-state index < -0.39 is 24.0 Å². The zero-order valence-electron chi connectivity index (χ0n) is 9.30. The fourth-order valence-corrected chi connectivity index (χ4v) is 1.33. The van der Waals surface area contributed by atoms with Crippen LogP contribution in [0.4, 0.5) is 0 Å². The van der Waals surface area contributed by atoms with Crippen molar-refractivity contribution in [1.29, 1.82) is 0 Å². The Bertz CT molecular complexity index is 248. The van der Waals surface area contributed by atoms with Crippen molar-refractivity contribution < 1.29 is 19.8 Å². The molecule has 6 nitrogen and oxygen atoms in total. The van der Waals surface area contributed by atoms with Crippen LogP contribution in [0.1, 0.15) is 20.3 Å². The Morgan fingerprint density at radius 2 is 1.56 bits per heavy atom. The summed E-state index contributed by atoms with van der Waals surface area (Å²) in [7, 11) is 0. The van der Waals surface area contributed by atoms with E-state index in [2.05, 4.69) is 23.5 Å². The van der Waals surface area contributed by atoms with Gasteiger partial charge in [0.1, 0.15) is 12.1 Å². The molecule has 0 saturated heterocycles. The van der Waals surface area contributed by atoms with Crippen molar-refractivity contribution in [1.82, 2.24) is 10.9 Å². The summed E-state index contributed by atoms with van der Waals surface area (Å²) in [5.74, 6) is -1.80. The molecule has 0 spiro atoms. The lowest BCUT2D eigenvalue weighted by Crippen LogP contribution is -2.53. The molecule has 7 heteroatoms. The first-order chi connectivity index (χ1) is 7.38. The standard InChI is InChI=1S/C9H18N2O4S/c1-5(2)3-6(8(12)13)10-11-7(4-16)9(14)15/h5-7,10-11,16H,3-4H2,1-2H3,(H,12,13)(H,14,15)/t6-,7-/m0/s1. The molecule has 94 valence electrons. The van der Waals surface area contributed by atoms with Crippen LogP contribution in [-0.4, -0.2) is 40.0 Å². The average Bonchev–Trinajstić information content (AvgIpc) is 2.15. The van der Waals surface area contributed by atoms with Crippen LogP contribution < -0.4 is 10.9 Å². The topological polar surface area (TPSA) is 98.7 Å². The number of hydrazine groups is 1. The third kappa shape index (κ3) is 5.94. The number of hydrogen-bond acceptors (Lipinski definition) is 5. The molecule has 2 atom stereocenters. The average molecular weight is 250 g/mol. The normalized spacial score (nSPS) is 14.8. The summed E-state index contributed by atoms with van der Waals surface area (Å²) in [6.45, 7) is 3.79. The summed E-state index contributed by atoms with van der Waals surface area (Å²) >= 11 is 3.85. The number of carboxylic acid groups (broad SMARTS) is 2. The van der Waals surface area contributed by atoms with Crippen molar-refractivity contribution in [3.8, 4) is 0 Å². The molecule has 0 aromatic heterocycles. The number of aliphatic carboxylic acids is 2. The SMILES string of the molecule is CC(C)C[C@H](NN[C@@H](CS)C(=O)O)C(=O)O. The third-order valence-electron chi connectivity index (χ3n) is 1.92. The van der Waals surface area contributed by atoms with Gasteiger partial charge in [-0.25, -0.2) is 10.9 Å². The molecule has 4 N–H and O–H groups in total. The monoisotopic (exact) mass is 250 g/mol. The largest absolute Gasteiger partial charge is 0.480 e. The van der Waals surface area contributed by atoms with Gasteiger partial charge in [0.15, 0.2) is 0 Å². The highest BCUT2D eigenvalue weighted by Crippen LogP contribution is 2.04. The molecule has 0 saturated carbocycles. The van der Waals surface area contributed by atoms with Gasteiger partial charge in [-0.2, -0.15) is 12.6 Å². The lowest BCUT2D eigenvalue weighted by atomic mass is 10.0. The summed E-state index contributed by atoms with van der Waals surface area (Å²) in [5.41, 5.74) is 4.95. The van der Waals surface area contributed by atoms with Crippen molar-refractivity contribution in [2.45, 2.75) is 32.4 Å². The van der Waals surface area contributed by atoms with Crippen molar-refractivity contribution in [3.05, 3.63) is 0 Å². The number of rotatable bonds is 8. The molecule has 0 aromatic carbocycles. The second-order valence-electron chi connectivity index (χ2n) is 3.88. The molecule has 0 aliphatic heterocycles. The first-order valence-corrected chi connectivity index (χ1v) is 5.59. The van der Waals surface area contributed by atoms with Crippen LogP contribution >= 0.6 is 12.6 Å². The minimum Gasteiger partial charge on any atom is -0.480 e. The molecule has 0 unspecified atom stereocenters. The van der Waals surface area contributed by atoms with Gasteiger partial charge in [0.25, 0.3) is 0 Å². The number of hydrogen-bond donors (Lipinski definition) is 5. The van der Waals surface area contributed by atoms with Gasteiger partial charge in [-0.3, -0.25) is 9.59 Å². The van der Waals surface area contributed by atoms with Crippen LogP contribution in [0.15, 0.2) is 0 Å². The van der Waals surface area contributed by atoms with Gasteiger partial charge in [0.2, 0.25) is 0 Å². The van der Waals surface area contributed by atoms with E-state index in [-0.39, 0.29) is 11.7 Å². The van der Waals surface area contributed by atoms with E-state index in [1.165, 1.54) is 0 Å². The second-order valence-corrected chi connectivity index (χ2v) is 4.25. The first kappa shape index (κ1) is 15.2. The predicted molar refractivity (Wildman–Crippen MR) is 62.4 cm³/mol. The van der Waals surface area contributed by atoms with Gasteiger partial charge in [-0.1, -0.05) is 13.8 Å². The minimum atomic E-state index is -1.07. The van der Waals surface area contributed by atoms with Gasteiger partial charge in [-0.15, -0.1) is 0 Å². The number of carboxylic acids is 2. The summed E-state index contributed by atoms with van der Waals surface area (Å²) in [5, 5.41) is 17.6. The minimum absolute atomic E-state index is 0.0797. The highest BCUT2D eigenvalue weighted by molar-refractivity contribution is 7.80. The third-order valence-corrected chi connectivity index (χ3v) is 2.28. The molecule has 0 rings (SSSR count). The molecule has 0 bridgehead atoms. The molecule has 0 heterocycles. The summed E-state index contributed by atoms with van der Waals surface area (Å²) in [6.07, 6.45) is 0.418. The molecule has 0 radical (unpaired) electrons. The Labute approximate surface area is 99.8 Å². The quantitative estimate of drug-likeness (QED) is 0.306. The fourth-order valence-electron chi connectivity index (χ4n) is 1.08. The molecule has 0 aromatic rings. The Kier molecular flexibility index (Phi) is 7.11. The molecule has 16 heavy (non-hydrogen) atoms. The van der Waals surface area contributed by atoms with E-state index in [0.29, 0.717) is 6.42 Å². The highest BCUT2D eigenvalue weighted by atomic mass is 32.1. The van der Waals surface area contributed by atoms with Crippen LogP contribution in [-0.2, 0) is 9.59 Å². The summed E-state index contributed by atoms with van der Waals surface area (Å²) in [6, 6.07) is -1.71. The Hall–Kier alpha value is -0.790. The van der Waals surface area contributed by atoms with E-state index in [0.717, 1.165) is 0 Å². The number of nitrogens with one attached hydrogen (secondary N) is 2. The van der Waals surface area contributed by atoms with Crippen LogP contribution in [0.3, 0.4) is 0 Å². The van der Waals surface area contributed by atoms with E-state index in [4.69, 9.17) is 10.2 Å². The molecular weight excluding hydrogens is 232 g/mol. The maximum Gasteiger partial charge on any atom is 0.322 e. The molecule has 0 amide bonds. The predicted octanol–water partition coefficient (Wildman–Crippen LogP) is -0.0371. The maximum absolute atomic E-state index is 10.8. The molecular formula is C9H18N2O4S. The van der Waals surface area contributed by atoms with Gasteiger partial charge in [0.05, 0.1) is 0 Å². The maximum atomic E-state index is 10.8. The van der Waals surface area contributed by atoms with Crippen LogP contribution in [0, 0.1) is 5.92 Å². The van der Waals surface area contributed by atoms with Crippen molar-refractivity contribution in [3.63, 3.8) is 0 Å². The van der Waals surface area contributed by atoms with Gasteiger partial charge in [0, 0.05) is 5.75 Å². The van der Waals surface area contributed by atoms with Crippen LogP contribution in [0.25, 0.3) is 0 Å². The highest BCUT2D eigenvalue weighted by Gasteiger charge is 2.21. The van der Waals surface area contributed by atoms with E-state index in [1.54, 1.807) is 0 Å². The van der Waals surface area contributed by atoms with Crippen LogP contribution in [0.2, 0.25) is 0 Å². The van der Waals surface area contributed by atoms with E-state index >= 15 is 0 Å². The molecule has 0 aliphatic carbocycles. The van der Waals surface area contributed by atoms with Gasteiger partial charge in [-0.05, 0) is 12.3 Å². The molecule has 0 aliphatic rings. The summed E-state index contributed by atoms with van der Waals surface area (Å²) < 4.78 is 0. The lowest BCUT2D eigenvalue weighted by molar-refractivity contribution is -0.142. The lowest BCUT2D eigenvalue weighted by Gasteiger charge is -2.19. The van der Waals surface area contributed by atoms with Crippen LogP contribution in [0.5, 0.6) is 0 Å². The Morgan fingerprint density at radius 3 is 1.88 bits per heavy atom. The van der Waals surface area contributed by atoms with E-state index in [9.17, 15) is 9.59 Å². The fraction of sp³-hybridized carbons (Fsp3) is 0.778. The Morgan fingerprint density at radius 1 is 1.12 bits per heavy atom. The Balaban J connectivity index is 4.20. The van der Waals surface area contributed by atoms with Gasteiger partial charge >= 0.3 is 11.9 Å². The van der Waals surface area contributed by atoms with Crippen molar-refractivity contribution in [2.24, 2.45) is 5.92 Å². The zero-order valence-corrected chi connectivity index (χ0v) is 10.2. The summed E-state index contributed by atoms with van der Waals surface area (Å²) in [4.78, 5) is 21.5. The number of carbonyl (C=O) groups is 2. The van der Waals surface area contributed by atoms with Crippen molar-refractivity contribution >= 4 is 24.6 Å². The van der Waals surface area contributed by atoms with E-state index in [1.807, 2.05) is 13.8 Å². The molecule has 0 fully saturated rings.